The van der Waals surface area contributed by atoms with Crippen LogP contribution in [0.5, 0.6) is 0 Å². The lowest BCUT2D eigenvalue weighted by Crippen LogP contribution is -2.48. The zero-order chi connectivity index (χ0) is 26.8. The standard InChI is InChI=1S/C30H40N6O3/c37-28(21-32-13-8-23-4-1-2-5-25(23)19-32)22-36-17-16-35(30(36)39)20-26-6-7-27(18-31-26)33-14-9-24(10-15-33)29(38)34-11-3-12-34/h1-2,4-7,18,24,28,37H,3,8-17,19-22H2/t28-/m1/s1. The van der Waals surface area contributed by atoms with Gasteiger partial charge in [-0.25, -0.2) is 4.79 Å². The number of aromatic nitrogens is 1. The fourth-order valence-electron chi connectivity index (χ4n) is 6.34. The predicted octanol–water partition coefficient (Wildman–Crippen LogP) is 2.19. The second-order valence-electron chi connectivity index (χ2n) is 11.5. The van der Waals surface area contributed by atoms with Crippen molar-refractivity contribution in [3.8, 4) is 0 Å². The molecule has 3 saturated heterocycles. The van der Waals surface area contributed by atoms with Crippen LogP contribution < -0.4 is 4.90 Å². The topological polar surface area (TPSA) is 83.5 Å². The average molecular weight is 533 g/mol. The van der Waals surface area contributed by atoms with E-state index in [2.05, 4.69) is 45.1 Å². The van der Waals surface area contributed by atoms with Crippen LogP contribution in [-0.4, -0.2) is 107 Å². The fraction of sp³-hybridized carbons (Fsp3) is 0.567. The summed E-state index contributed by atoms with van der Waals surface area (Å²) in [6, 6.07) is 12.6. The van der Waals surface area contributed by atoms with Crippen LogP contribution in [0, 0.1) is 5.92 Å². The fourth-order valence-corrected chi connectivity index (χ4v) is 6.34. The third-order valence-electron chi connectivity index (χ3n) is 8.83. The van der Waals surface area contributed by atoms with Gasteiger partial charge in [0.1, 0.15) is 0 Å². The Balaban J connectivity index is 0.950. The molecule has 1 N–H and O–H groups in total. The Morgan fingerprint density at radius 1 is 0.923 bits per heavy atom. The highest BCUT2D eigenvalue weighted by atomic mass is 16.3. The molecule has 0 bridgehead atoms. The number of urea groups is 1. The molecule has 39 heavy (non-hydrogen) atoms. The molecular weight excluding hydrogens is 492 g/mol. The van der Waals surface area contributed by atoms with E-state index in [9.17, 15) is 14.7 Å². The van der Waals surface area contributed by atoms with Gasteiger partial charge < -0.3 is 24.7 Å². The Labute approximate surface area is 231 Å². The number of benzene rings is 1. The van der Waals surface area contributed by atoms with Gasteiger partial charge in [0.15, 0.2) is 0 Å². The number of pyridine rings is 1. The number of fused-ring (bicyclic) bond motifs is 1. The Bertz CT molecular complexity index is 1160. The van der Waals surface area contributed by atoms with Crippen LogP contribution in [0.25, 0.3) is 0 Å². The maximum absolute atomic E-state index is 13.0. The maximum atomic E-state index is 13.0. The molecule has 1 atom stereocenters. The van der Waals surface area contributed by atoms with E-state index in [-0.39, 0.29) is 11.9 Å². The van der Waals surface area contributed by atoms with E-state index in [1.54, 1.807) is 4.90 Å². The number of likely N-dealkylation sites (tertiary alicyclic amines) is 1. The van der Waals surface area contributed by atoms with Gasteiger partial charge in [-0.3, -0.25) is 14.7 Å². The molecule has 208 valence electrons. The molecule has 0 radical (unpaired) electrons. The first-order valence-corrected chi connectivity index (χ1v) is 14.5. The number of rotatable bonds is 8. The Morgan fingerprint density at radius 3 is 2.41 bits per heavy atom. The second kappa shape index (κ2) is 11.5. The lowest BCUT2D eigenvalue weighted by Gasteiger charge is -2.38. The monoisotopic (exact) mass is 532 g/mol. The lowest BCUT2D eigenvalue weighted by molar-refractivity contribution is -0.139. The molecule has 4 aliphatic heterocycles. The van der Waals surface area contributed by atoms with Crippen molar-refractivity contribution in [2.24, 2.45) is 5.92 Å². The molecule has 3 fully saturated rings. The van der Waals surface area contributed by atoms with E-state index in [1.807, 2.05) is 22.1 Å². The van der Waals surface area contributed by atoms with Gasteiger partial charge in [0.05, 0.1) is 30.2 Å². The number of hydrogen-bond acceptors (Lipinski definition) is 6. The zero-order valence-corrected chi connectivity index (χ0v) is 22.7. The maximum Gasteiger partial charge on any atom is 0.320 e. The molecule has 5 heterocycles. The molecule has 9 nitrogen and oxygen atoms in total. The first-order chi connectivity index (χ1) is 19.0. The molecule has 6 rings (SSSR count). The summed E-state index contributed by atoms with van der Waals surface area (Å²) in [5, 5.41) is 10.8. The summed E-state index contributed by atoms with van der Waals surface area (Å²) in [6.07, 6.45) is 5.26. The lowest BCUT2D eigenvalue weighted by atomic mass is 9.94. The van der Waals surface area contributed by atoms with E-state index in [4.69, 9.17) is 0 Å². The highest BCUT2D eigenvalue weighted by Crippen LogP contribution is 2.26. The molecular formula is C30H40N6O3. The minimum absolute atomic E-state index is 0.0298. The summed E-state index contributed by atoms with van der Waals surface area (Å²) in [4.78, 5) is 40.4. The van der Waals surface area contributed by atoms with E-state index in [1.165, 1.54) is 11.1 Å². The van der Waals surface area contributed by atoms with Crippen LogP contribution in [0.2, 0.25) is 0 Å². The molecule has 9 heteroatoms. The van der Waals surface area contributed by atoms with Crippen molar-refractivity contribution in [3.63, 3.8) is 0 Å². The minimum Gasteiger partial charge on any atom is -0.390 e. The zero-order valence-electron chi connectivity index (χ0n) is 22.7. The highest BCUT2D eigenvalue weighted by Gasteiger charge is 2.32. The van der Waals surface area contributed by atoms with Crippen molar-refractivity contribution in [1.82, 2.24) is 24.6 Å². The van der Waals surface area contributed by atoms with Crippen molar-refractivity contribution in [1.29, 1.82) is 0 Å². The SMILES string of the molecule is O=C(C1CCN(c2ccc(CN3CCN(C[C@H](O)CN4CCc5ccccc5C4)C3=O)nc2)CC1)N1CCC1. The smallest absolute Gasteiger partial charge is 0.320 e. The van der Waals surface area contributed by atoms with Gasteiger partial charge in [-0.2, -0.15) is 0 Å². The summed E-state index contributed by atoms with van der Waals surface area (Å²) in [5.41, 5.74) is 4.67. The van der Waals surface area contributed by atoms with Crippen molar-refractivity contribution < 1.29 is 14.7 Å². The van der Waals surface area contributed by atoms with Crippen LogP contribution >= 0.6 is 0 Å². The number of hydrogen-bond donors (Lipinski definition) is 1. The van der Waals surface area contributed by atoms with Crippen LogP contribution in [0.3, 0.4) is 0 Å². The summed E-state index contributed by atoms with van der Waals surface area (Å²) in [7, 11) is 0. The summed E-state index contributed by atoms with van der Waals surface area (Å²) in [6.45, 7) is 8.06. The van der Waals surface area contributed by atoms with Crippen LogP contribution in [-0.2, 0) is 24.3 Å². The van der Waals surface area contributed by atoms with Crippen LogP contribution in [0.4, 0.5) is 10.5 Å². The highest BCUT2D eigenvalue weighted by molar-refractivity contribution is 5.80. The molecule has 0 spiro atoms. The molecule has 0 unspecified atom stereocenters. The number of nitrogens with zero attached hydrogens (tertiary/aromatic N) is 6. The first-order valence-electron chi connectivity index (χ1n) is 14.5. The quantitative estimate of drug-likeness (QED) is 0.561. The third kappa shape index (κ3) is 5.89. The molecule has 0 aliphatic carbocycles. The van der Waals surface area contributed by atoms with Gasteiger partial charge in [0, 0.05) is 71.4 Å². The van der Waals surface area contributed by atoms with Crippen molar-refractivity contribution in [2.75, 3.05) is 63.8 Å². The Hall–Kier alpha value is -3.17. The van der Waals surface area contributed by atoms with Crippen LogP contribution in [0.15, 0.2) is 42.6 Å². The number of aliphatic hydroxyl groups is 1. The van der Waals surface area contributed by atoms with E-state index in [0.717, 1.165) is 76.3 Å². The summed E-state index contributed by atoms with van der Waals surface area (Å²) in [5.74, 6) is 0.497. The van der Waals surface area contributed by atoms with Gasteiger partial charge in [-0.15, -0.1) is 0 Å². The molecule has 4 aliphatic rings. The van der Waals surface area contributed by atoms with E-state index < -0.39 is 6.10 Å². The predicted molar refractivity (Wildman–Crippen MR) is 149 cm³/mol. The molecule has 2 aromatic rings. The van der Waals surface area contributed by atoms with Gasteiger partial charge in [0.2, 0.25) is 5.91 Å². The minimum atomic E-state index is -0.568. The third-order valence-corrected chi connectivity index (χ3v) is 8.83. The van der Waals surface area contributed by atoms with Gasteiger partial charge in [-0.1, -0.05) is 24.3 Å². The number of amides is 3. The second-order valence-corrected chi connectivity index (χ2v) is 11.5. The largest absolute Gasteiger partial charge is 0.390 e. The number of carbonyl (C=O) groups is 2. The van der Waals surface area contributed by atoms with Crippen molar-refractivity contribution in [2.45, 2.75) is 44.9 Å². The number of β-amino-alcohol motifs (C(OH)–C–C–N with tert-alkyl or cyclic N) is 1. The summed E-state index contributed by atoms with van der Waals surface area (Å²) >= 11 is 0. The number of piperidine rings is 1. The number of anilines is 1. The Morgan fingerprint density at radius 2 is 1.69 bits per heavy atom. The molecule has 1 aromatic carbocycles. The van der Waals surface area contributed by atoms with Crippen molar-refractivity contribution in [3.05, 3.63) is 59.4 Å². The average Bonchev–Trinajstić information content (AvgIpc) is 3.26. The van der Waals surface area contributed by atoms with Crippen molar-refractivity contribution >= 4 is 17.6 Å². The first kappa shape index (κ1) is 26.1. The summed E-state index contributed by atoms with van der Waals surface area (Å²) < 4.78 is 0. The molecule has 3 amide bonds. The van der Waals surface area contributed by atoms with Gasteiger partial charge in [-0.05, 0) is 48.9 Å². The van der Waals surface area contributed by atoms with E-state index in [0.29, 0.717) is 38.6 Å². The van der Waals surface area contributed by atoms with Crippen LogP contribution in [0.1, 0.15) is 36.1 Å². The number of aliphatic hydroxyl groups excluding tert-OH is 1. The molecule has 0 saturated carbocycles. The Kier molecular flexibility index (Phi) is 7.70. The molecule has 1 aromatic heterocycles. The normalized spacial score (nSPS) is 21.2. The van der Waals surface area contributed by atoms with Gasteiger partial charge >= 0.3 is 6.03 Å². The van der Waals surface area contributed by atoms with Gasteiger partial charge in [0.25, 0.3) is 0 Å². The van der Waals surface area contributed by atoms with E-state index >= 15 is 0 Å². The number of carbonyl (C=O) groups excluding carboxylic acids is 2.